The Balaban J connectivity index is 2.00. The molecule has 6 nitrogen and oxygen atoms in total. The molecule has 21 heavy (non-hydrogen) atoms. The van der Waals surface area contributed by atoms with Crippen LogP contribution < -0.4 is 5.32 Å². The fourth-order valence-corrected chi connectivity index (χ4v) is 2.81. The molecule has 0 aliphatic heterocycles. The van der Waals surface area contributed by atoms with Gasteiger partial charge < -0.3 is 10.1 Å². The van der Waals surface area contributed by atoms with Crippen LogP contribution in [0.3, 0.4) is 0 Å². The monoisotopic (exact) mass is 307 g/mol. The number of aryl methyl sites for hydroxylation is 3. The number of hydrogen-bond donors (Lipinski definition) is 1. The van der Waals surface area contributed by atoms with E-state index in [4.69, 9.17) is 4.74 Å². The van der Waals surface area contributed by atoms with Gasteiger partial charge in [0.25, 0.3) is 0 Å². The SMILES string of the molecule is COC(=O)c1cc(C)sc1NC(=O)CCn1nccc1C. The minimum Gasteiger partial charge on any atom is -0.465 e. The third kappa shape index (κ3) is 3.69. The average molecular weight is 307 g/mol. The van der Waals surface area contributed by atoms with Crippen molar-refractivity contribution < 1.29 is 14.3 Å². The van der Waals surface area contributed by atoms with Crippen LogP contribution in [-0.4, -0.2) is 28.8 Å². The van der Waals surface area contributed by atoms with Crippen molar-refractivity contribution in [1.82, 2.24) is 9.78 Å². The maximum atomic E-state index is 12.0. The molecule has 0 saturated carbocycles. The van der Waals surface area contributed by atoms with Crippen LogP contribution in [0.4, 0.5) is 5.00 Å². The van der Waals surface area contributed by atoms with Gasteiger partial charge in [0, 0.05) is 29.7 Å². The van der Waals surface area contributed by atoms with E-state index in [9.17, 15) is 9.59 Å². The predicted molar refractivity (Wildman–Crippen MR) is 80.6 cm³/mol. The van der Waals surface area contributed by atoms with E-state index in [0.29, 0.717) is 23.5 Å². The predicted octanol–water partition coefficient (Wildman–Crippen LogP) is 2.38. The largest absolute Gasteiger partial charge is 0.465 e. The highest BCUT2D eigenvalue weighted by molar-refractivity contribution is 7.16. The summed E-state index contributed by atoms with van der Waals surface area (Å²) in [4.78, 5) is 24.6. The van der Waals surface area contributed by atoms with E-state index < -0.39 is 5.97 Å². The highest BCUT2D eigenvalue weighted by atomic mass is 32.1. The third-order valence-corrected chi connectivity index (χ3v) is 3.96. The van der Waals surface area contributed by atoms with Gasteiger partial charge in [-0.2, -0.15) is 5.10 Å². The van der Waals surface area contributed by atoms with Crippen molar-refractivity contribution in [2.75, 3.05) is 12.4 Å². The fraction of sp³-hybridized carbons (Fsp3) is 0.357. The standard InChI is InChI=1S/C14H17N3O3S/c1-9-4-6-15-17(9)7-5-12(18)16-13-11(14(19)20-3)8-10(2)21-13/h4,6,8H,5,7H2,1-3H3,(H,16,18). The lowest BCUT2D eigenvalue weighted by Gasteiger charge is -2.06. The summed E-state index contributed by atoms with van der Waals surface area (Å²) < 4.78 is 6.47. The topological polar surface area (TPSA) is 73.2 Å². The molecule has 0 fully saturated rings. The molecule has 0 saturated heterocycles. The molecule has 112 valence electrons. The number of nitrogens with zero attached hydrogens (tertiary/aromatic N) is 2. The molecule has 0 atom stereocenters. The summed E-state index contributed by atoms with van der Waals surface area (Å²) in [7, 11) is 1.32. The van der Waals surface area contributed by atoms with E-state index in [1.165, 1.54) is 18.4 Å². The number of carbonyl (C=O) groups is 2. The molecule has 0 spiro atoms. The van der Waals surface area contributed by atoms with Crippen LogP contribution in [-0.2, 0) is 16.1 Å². The zero-order chi connectivity index (χ0) is 15.4. The van der Waals surface area contributed by atoms with Crippen molar-refractivity contribution in [3.05, 3.63) is 34.5 Å². The second-order valence-electron chi connectivity index (χ2n) is 4.59. The Hall–Kier alpha value is -2.15. The number of methoxy groups -OCH3 is 1. The van der Waals surface area contributed by atoms with Crippen molar-refractivity contribution in [3.8, 4) is 0 Å². The van der Waals surface area contributed by atoms with Gasteiger partial charge in [-0.15, -0.1) is 11.3 Å². The summed E-state index contributed by atoms with van der Waals surface area (Å²) in [5.74, 6) is -0.602. The van der Waals surface area contributed by atoms with E-state index in [2.05, 4.69) is 10.4 Å². The number of ether oxygens (including phenoxy) is 1. The van der Waals surface area contributed by atoms with Crippen molar-refractivity contribution in [2.45, 2.75) is 26.8 Å². The van der Waals surface area contributed by atoms with E-state index in [0.717, 1.165) is 10.6 Å². The summed E-state index contributed by atoms with van der Waals surface area (Å²) in [5, 5.41) is 7.42. The summed E-state index contributed by atoms with van der Waals surface area (Å²) >= 11 is 1.36. The van der Waals surface area contributed by atoms with Crippen LogP contribution in [0.5, 0.6) is 0 Å². The molecule has 2 aromatic rings. The molecule has 1 N–H and O–H groups in total. The minimum atomic E-state index is -0.447. The quantitative estimate of drug-likeness (QED) is 0.861. The van der Waals surface area contributed by atoms with Gasteiger partial charge in [0.15, 0.2) is 0 Å². The maximum Gasteiger partial charge on any atom is 0.340 e. The highest BCUT2D eigenvalue weighted by Crippen LogP contribution is 2.28. The fourth-order valence-electron chi connectivity index (χ4n) is 1.90. The number of nitrogens with one attached hydrogen (secondary N) is 1. The van der Waals surface area contributed by atoms with Gasteiger partial charge in [0.1, 0.15) is 5.00 Å². The van der Waals surface area contributed by atoms with Gasteiger partial charge in [0.05, 0.1) is 12.7 Å². The van der Waals surface area contributed by atoms with E-state index in [1.54, 1.807) is 16.9 Å². The second-order valence-corrected chi connectivity index (χ2v) is 5.84. The highest BCUT2D eigenvalue weighted by Gasteiger charge is 2.17. The molecular formula is C14H17N3O3S. The van der Waals surface area contributed by atoms with Gasteiger partial charge in [-0.25, -0.2) is 4.79 Å². The Morgan fingerprint density at radius 3 is 2.81 bits per heavy atom. The zero-order valence-electron chi connectivity index (χ0n) is 12.2. The van der Waals surface area contributed by atoms with Crippen molar-refractivity contribution in [2.24, 2.45) is 0 Å². The first-order valence-electron chi connectivity index (χ1n) is 6.48. The Morgan fingerprint density at radius 1 is 1.43 bits per heavy atom. The molecule has 2 rings (SSSR count). The summed E-state index contributed by atoms with van der Waals surface area (Å²) in [6, 6.07) is 3.60. The molecule has 0 radical (unpaired) electrons. The lowest BCUT2D eigenvalue weighted by molar-refractivity contribution is -0.116. The van der Waals surface area contributed by atoms with Crippen LogP contribution in [0, 0.1) is 13.8 Å². The lowest BCUT2D eigenvalue weighted by Crippen LogP contribution is -2.16. The molecule has 0 aliphatic carbocycles. The Morgan fingerprint density at radius 2 is 2.19 bits per heavy atom. The van der Waals surface area contributed by atoms with Crippen LogP contribution in [0.15, 0.2) is 18.3 Å². The number of carbonyl (C=O) groups excluding carboxylic acids is 2. The zero-order valence-corrected chi connectivity index (χ0v) is 13.0. The van der Waals surface area contributed by atoms with Crippen molar-refractivity contribution in [1.29, 1.82) is 0 Å². The first kappa shape index (κ1) is 15.2. The second kappa shape index (κ2) is 6.53. The summed E-state index contributed by atoms with van der Waals surface area (Å²) in [6.07, 6.45) is 1.99. The molecule has 2 heterocycles. The Bertz CT molecular complexity index is 660. The molecule has 2 aromatic heterocycles. The molecular weight excluding hydrogens is 290 g/mol. The van der Waals surface area contributed by atoms with E-state index >= 15 is 0 Å². The lowest BCUT2D eigenvalue weighted by atomic mass is 10.3. The van der Waals surface area contributed by atoms with Gasteiger partial charge in [-0.05, 0) is 26.0 Å². The molecule has 0 aromatic carbocycles. The molecule has 0 bridgehead atoms. The Kier molecular flexibility index (Phi) is 4.74. The van der Waals surface area contributed by atoms with E-state index in [-0.39, 0.29) is 5.91 Å². The average Bonchev–Trinajstić information content (AvgIpc) is 3.01. The van der Waals surface area contributed by atoms with Gasteiger partial charge in [0.2, 0.25) is 5.91 Å². The number of aromatic nitrogens is 2. The maximum absolute atomic E-state index is 12.0. The van der Waals surface area contributed by atoms with Crippen molar-refractivity contribution in [3.63, 3.8) is 0 Å². The van der Waals surface area contributed by atoms with Crippen LogP contribution >= 0.6 is 11.3 Å². The molecule has 0 unspecified atom stereocenters. The number of hydrogen-bond acceptors (Lipinski definition) is 5. The first-order valence-corrected chi connectivity index (χ1v) is 7.30. The van der Waals surface area contributed by atoms with Crippen molar-refractivity contribution >= 4 is 28.2 Å². The third-order valence-electron chi connectivity index (χ3n) is 2.99. The number of thiophene rings is 1. The first-order chi connectivity index (χ1) is 10.0. The van der Waals surface area contributed by atoms with E-state index in [1.807, 2.05) is 19.9 Å². The van der Waals surface area contributed by atoms with Crippen LogP contribution in [0.2, 0.25) is 0 Å². The van der Waals surface area contributed by atoms with Crippen LogP contribution in [0.25, 0.3) is 0 Å². The summed E-state index contributed by atoms with van der Waals surface area (Å²) in [5.41, 5.74) is 1.40. The number of amides is 1. The smallest absolute Gasteiger partial charge is 0.340 e. The Labute approximate surface area is 126 Å². The molecule has 0 aliphatic rings. The van der Waals surface area contributed by atoms with Crippen LogP contribution in [0.1, 0.15) is 27.3 Å². The number of esters is 1. The number of anilines is 1. The normalized spacial score (nSPS) is 10.4. The number of rotatable bonds is 5. The van der Waals surface area contributed by atoms with Gasteiger partial charge in [-0.3, -0.25) is 9.48 Å². The molecule has 7 heteroatoms. The summed E-state index contributed by atoms with van der Waals surface area (Å²) in [6.45, 7) is 4.31. The van der Waals surface area contributed by atoms with Gasteiger partial charge in [-0.1, -0.05) is 0 Å². The molecule has 1 amide bonds. The minimum absolute atomic E-state index is 0.156. The van der Waals surface area contributed by atoms with Gasteiger partial charge >= 0.3 is 5.97 Å².